The van der Waals surface area contributed by atoms with Gasteiger partial charge in [-0.25, -0.2) is 0 Å². The van der Waals surface area contributed by atoms with E-state index in [0.29, 0.717) is 16.0 Å². The molecule has 1 aromatic heterocycles. The minimum Gasteiger partial charge on any atom is -0.368 e. The van der Waals surface area contributed by atoms with E-state index in [2.05, 4.69) is 35.8 Å². The van der Waals surface area contributed by atoms with Crippen LogP contribution in [-0.2, 0) is 10.3 Å². The zero-order chi connectivity index (χ0) is 20.6. The van der Waals surface area contributed by atoms with Gasteiger partial charge < -0.3 is 9.69 Å². The molecule has 0 spiro atoms. The summed E-state index contributed by atoms with van der Waals surface area (Å²) >= 11 is 12.7. The lowest BCUT2D eigenvalue weighted by Gasteiger charge is -2.43. The molecule has 0 radical (unpaired) electrons. The molecule has 154 valence electrons. The summed E-state index contributed by atoms with van der Waals surface area (Å²) in [7, 11) is 0. The topological polar surface area (TPSA) is 36.4 Å². The molecule has 0 saturated carbocycles. The van der Waals surface area contributed by atoms with E-state index in [1.807, 2.05) is 24.4 Å². The number of hydrogen-bond acceptors (Lipinski definition) is 4. The molecule has 3 heterocycles. The van der Waals surface area contributed by atoms with Crippen molar-refractivity contribution in [1.29, 1.82) is 0 Å². The maximum absolute atomic E-state index is 11.0. The molecular formula is C23H27Cl2N3O. The zero-order valence-electron chi connectivity index (χ0n) is 16.9. The predicted molar refractivity (Wildman–Crippen MR) is 119 cm³/mol. The van der Waals surface area contributed by atoms with Gasteiger partial charge in [0, 0.05) is 42.4 Å². The highest BCUT2D eigenvalue weighted by Crippen LogP contribution is 2.40. The molecule has 0 amide bonds. The Labute approximate surface area is 182 Å². The second-order valence-electron chi connectivity index (χ2n) is 8.66. The number of nitrogens with zero attached hydrogens (tertiary/aromatic N) is 3. The number of carbonyl (C=O) groups excluding carboxylic acids is 1. The van der Waals surface area contributed by atoms with Crippen LogP contribution in [-0.4, -0.2) is 42.3 Å². The van der Waals surface area contributed by atoms with E-state index in [4.69, 9.17) is 28.2 Å². The number of hydrogen-bond donors (Lipinski definition) is 0. The number of para-hydroxylation sites is 1. The van der Waals surface area contributed by atoms with E-state index in [9.17, 15) is 4.79 Å². The van der Waals surface area contributed by atoms with Crippen LogP contribution in [0.3, 0.4) is 0 Å². The summed E-state index contributed by atoms with van der Waals surface area (Å²) in [6, 6.07) is 9.99. The molecule has 2 aliphatic heterocycles. The average Bonchev–Trinajstić information content (AvgIpc) is 2.69. The molecule has 0 bridgehead atoms. The van der Waals surface area contributed by atoms with Crippen LogP contribution in [0.25, 0.3) is 0 Å². The van der Waals surface area contributed by atoms with Crippen molar-refractivity contribution < 1.29 is 4.79 Å². The van der Waals surface area contributed by atoms with Gasteiger partial charge in [0.05, 0.1) is 15.7 Å². The standard InChI is InChI=1S/C23H27Cl2N3O/c1-23(2,28-10-8-16(15-29)9-11-28)18-6-7-21(26-12-18)17-13-27(14-17)22-19(24)4-3-5-20(22)25/h3-7,12,15-17H,8-11,13-14H2,1-2H3. The minimum atomic E-state index is -0.0872. The summed E-state index contributed by atoms with van der Waals surface area (Å²) in [6.45, 7) is 8.14. The predicted octanol–water partition coefficient (Wildman–Crippen LogP) is 5.14. The fourth-order valence-corrected chi connectivity index (χ4v) is 5.06. The van der Waals surface area contributed by atoms with Crippen LogP contribution in [0, 0.1) is 5.92 Å². The van der Waals surface area contributed by atoms with E-state index in [-0.39, 0.29) is 11.5 Å². The highest BCUT2D eigenvalue weighted by atomic mass is 35.5. The summed E-state index contributed by atoms with van der Waals surface area (Å²) in [4.78, 5) is 20.5. The highest BCUT2D eigenvalue weighted by molar-refractivity contribution is 6.39. The molecule has 0 N–H and O–H groups in total. The van der Waals surface area contributed by atoms with Crippen LogP contribution in [0.4, 0.5) is 5.69 Å². The summed E-state index contributed by atoms with van der Waals surface area (Å²) < 4.78 is 0. The molecule has 2 aliphatic rings. The van der Waals surface area contributed by atoms with Crippen molar-refractivity contribution in [2.24, 2.45) is 5.92 Å². The lowest BCUT2D eigenvalue weighted by atomic mass is 9.88. The smallest absolute Gasteiger partial charge is 0.123 e. The first kappa shape index (κ1) is 20.6. The van der Waals surface area contributed by atoms with Gasteiger partial charge in [0.15, 0.2) is 0 Å². The van der Waals surface area contributed by atoms with E-state index < -0.39 is 0 Å². The Hall–Kier alpha value is -1.62. The minimum absolute atomic E-state index is 0.0872. The molecule has 4 rings (SSSR count). The molecule has 0 atom stereocenters. The number of benzene rings is 1. The first-order chi connectivity index (χ1) is 13.9. The fourth-order valence-electron chi connectivity index (χ4n) is 4.43. The molecule has 2 aromatic rings. The Morgan fingerprint density at radius 3 is 2.28 bits per heavy atom. The van der Waals surface area contributed by atoms with Gasteiger partial charge in [-0.1, -0.05) is 35.3 Å². The van der Waals surface area contributed by atoms with Gasteiger partial charge in [0.2, 0.25) is 0 Å². The summed E-state index contributed by atoms with van der Waals surface area (Å²) in [5.41, 5.74) is 3.17. The maximum atomic E-state index is 11.0. The van der Waals surface area contributed by atoms with Crippen molar-refractivity contribution in [3.63, 3.8) is 0 Å². The molecule has 1 aromatic carbocycles. The Morgan fingerprint density at radius 1 is 1.07 bits per heavy atom. The van der Waals surface area contributed by atoms with Crippen molar-refractivity contribution in [1.82, 2.24) is 9.88 Å². The third kappa shape index (κ3) is 4.03. The van der Waals surface area contributed by atoms with Crippen molar-refractivity contribution >= 4 is 35.2 Å². The summed E-state index contributed by atoms with van der Waals surface area (Å²) in [5, 5.41) is 1.39. The van der Waals surface area contributed by atoms with Crippen LogP contribution in [0.5, 0.6) is 0 Å². The van der Waals surface area contributed by atoms with E-state index in [1.54, 1.807) is 0 Å². The maximum Gasteiger partial charge on any atom is 0.123 e. The van der Waals surface area contributed by atoms with Crippen LogP contribution in [0.2, 0.25) is 10.0 Å². The third-order valence-corrected chi connectivity index (χ3v) is 7.18. The Bertz CT molecular complexity index is 850. The van der Waals surface area contributed by atoms with Crippen molar-refractivity contribution in [3.8, 4) is 0 Å². The van der Waals surface area contributed by atoms with Crippen LogP contribution in [0.1, 0.15) is 43.9 Å². The third-order valence-electron chi connectivity index (χ3n) is 6.57. The van der Waals surface area contributed by atoms with Gasteiger partial charge in [0.1, 0.15) is 6.29 Å². The first-order valence-corrected chi connectivity index (χ1v) is 11.0. The monoisotopic (exact) mass is 431 g/mol. The van der Waals surface area contributed by atoms with Crippen LogP contribution >= 0.6 is 23.2 Å². The molecule has 6 heteroatoms. The van der Waals surface area contributed by atoms with Gasteiger partial charge in [-0.05, 0) is 63.5 Å². The van der Waals surface area contributed by atoms with Gasteiger partial charge in [0.25, 0.3) is 0 Å². The van der Waals surface area contributed by atoms with E-state index in [0.717, 1.165) is 56.7 Å². The number of halogens is 2. The van der Waals surface area contributed by atoms with E-state index in [1.165, 1.54) is 5.56 Å². The second-order valence-corrected chi connectivity index (χ2v) is 9.48. The van der Waals surface area contributed by atoms with Crippen LogP contribution in [0.15, 0.2) is 36.5 Å². The zero-order valence-corrected chi connectivity index (χ0v) is 18.5. The largest absolute Gasteiger partial charge is 0.368 e. The van der Waals surface area contributed by atoms with Crippen molar-refractivity contribution in [3.05, 3.63) is 57.8 Å². The lowest BCUT2D eigenvalue weighted by molar-refractivity contribution is -0.112. The van der Waals surface area contributed by atoms with Crippen molar-refractivity contribution in [2.45, 2.75) is 38.1 Å². The molecule has 4 nitrogen and oxygen atoms in total. The van der Waals surface area contributed by atoms with Crippen LogP contribution < -0.4 is 4.90 Å². The van der Waals surface area contributed by atoms with Gasteiger partial charge in [-0.3, -0.25) is 9.88 Å². The summed E-state index contributed by atoms with van der Waals surface area (Å²) in [5.74, 6) is 0.610. The highest BCUT2D eigenvalue weighted by Gasteiger charge is 2.34. The number of anilines is 1. The molecule has 2 fully saturated rings. The van der Waals surface area contributed by atoms with E-state index >= 15 is 0 Å². The Morgan fingerprint density at radius 2 is 1.72 bits per heavy atom. The van der Waals surface area contributed by atoms with Gasteiger partial charge >= 0.3 is 0 Å². The second kappa shape index (κ2) is 8.25. The molecular weight excluding hydrogens is 405 g/mol. The molecule has 2 saturated heterocycles. The normalized spacial score (nSPS) is 19.2. The molecule has 0 unspecified atom stereocenters. The number of aromatic nitrogens is 1. The SMILES string of the molecule is CC(C)(c1ccc(C2CN(c3c(Cl)cccc3Cl)C2)nc1)N1CCC(C=O)CC1. The molecule has 29 heavy (non-hydrogen) atoms. The lowest BCUT2D eigenvalue weighted by Crippen LogP contribution is -2.47. The number of carbonyl (C=O) groups is 1. The van der Waals surface area contributed by atoms with Crippen molar-refractivity contribution in [2.75, 3.05) is 31.1 Å². The number of pyridine rings is 1. The molecule has 0 aliphatic carbocycles. The average molecular weight is 432 g/mol. The number of piperidine rings is 1. The first-order valence-electron chi connectivity index (χ1n) is 10.3. The van der Waals surface area contributed by atoms with Gasteiger partial charge in [-0.2, -0.15) is 0 Å². The summed E-state index contributed by atoms with van der Waals surface area (Å²) in [6.07, 6.45) is 5.02. The Balaban J connectivity index is 1.41. The van der Waals surface area contributed by atoms with Gasteiger partial charge in [-0.15, -0.1) is 0 Å². The Kier molecular flexibility index (Phi) is 5.87. The number of rotatable bonds is 5. The number of likely N-dealkylation sites (tertiary alicyclic amines) is 1. The quantitative estimate of drug-likeness (QED) is 0.614. The fraction of sp³-hybridized carbons (Fsp3) is 0.478. The number of aldehydes is 1.